The van der Waals surface area contributed by atoms with Gasteiger partial charge in [-0.25, -0.2) is 4.39 Å². The molecule has 78 valence electrons. The van der Waals surface area contributed by atoms with E-state index < -0.39 is 5.82 Å². The molecule has 0 radical (unpaired) electrons. The molecule has 1 N–H and O–H groups in total. The van der Waals surface area contributed by atoms with E-state index in [4.69, 9.17) is 9.63 Å². The molecule has 5 heteroatoms. The molecule has 2 rings (SSSR count). The molecule has 0 aliphatic rings. The smallest absolute Gasteiger partial charge is 0.260 e. The highest BCUT2D eigenvalue weighted by atomic mass is 19.1. The Morgan fingerprint density at radius 3 is 2.87 bits per heavy atom. The van der Waals surface area contributed by atoms with Crippen LogP contribution in [0.4, 0.5) is 4.39 Å². The van der Waals surface area contributed by atoms with Crippen molar-refractivity contribution in [3.05, 3.63) is 35.4 Å². The molecule has 2 aromatic rings. The van der Waals surface area contributed by atoms with Gasteiger partial charge in [-0.15, -0.1) is 0 Å². The minimum atomic E-state index is -0.414. The van der Waals surface area contributed by atoms with Crippen LogP contribution in [0.15, 0.2) is 22.7 Å². The van der Waals surface area contributed by atoms with Crippen LogP contribution in [0.1, 0.15) is 11.4 Å². The second-order valence-corrected chi connectivity index (χ2v) is 3.16. The normalized spacial score (nSPS) is 10.6. The standard InChI is InChI=1S/C10H9FN2O2/c1-6-2-3-7(8(11)4-6)10-12-9(5-14)13-15-10/h2-4,14H,5H2,1H3. The van der Waals surface area contributed by atoms with Crippen LogP contribution in [0.5, 0.6) is 0 Å². The minimum absolute atomic E-state index is 0.0801. The molecule has 0 saturated heterocycles. The number of hydrogen-bond acceptors (Lipinski definition) is 4. The lowest BCUT2D eigenvalue weighted by atomic mass is 10.1. The zero-order chi connectivity index (χ0) is 10.8. The molecule has 1 aromatic heterocycles. The highest BCUT2D eigenvalue weighted by Crippen LogP contribution is 2.21. The van der Waals surface area contributed by atoms with Crippen molar-refractivity contribution in [2.24, 2.45) is 0 Å². The molecule has 0 aliphatic carbocycles. The van der Waals surface area contributed by atoms with Gasteiger partial charge < -0.3 is 9.63 Å². The molecule has 1 aromatic carbocycles. The number of rotatable bonds is 2. The molecule has 4 nitrogen and oxygen atoms in total. The number of aryl methyl sites for hydroxylation is 1. The van der Waals surface area contributed by atoms with Crippen LogP contribution in [-0.4, -0.2) is 15.2 Å². The molecule has 0 saturated carbocycles. The van der Waals surface area contributed by atoms with Crippen molar-refractivity contribution < 1.29 is 14.0 Å². The van der Waals surface area contributed by atoms with Gasteiger partial charge in [-0.2, -0.15) is 4.98 Å². The second kappa shape index (κ2) is 3.78. The molecule has 0 spiro atoms. The van der Waals surface area contributed by atoms with E-state index in [-0.39, 0.29) is 23.9 Å². The first-order valence-electron chi connectivity index (χ1n) is 4.40. The molecule has 1 heterocycles. The van der Waals surface area contributed by atoms with Gasteiger partial charge in [0.1, 0.15) is 12.4 Å². The van der Waals surface area contributed by atoms with Crippen molar-refractivity contribution in [3.63, 3.8) is 0 Å². The fourth-order valence-electron chi connectivity index (χ4n) is 1.22. The van der Waals surface area contributed by atoms with Gasteiger partial charge in [-0.1, -0.05) is 11.2 Å². The number of halogens is 1. The molecule has 0 amide bonds. The summed E-state index contributed by atoms with van der Waals surface area (Å²) in [5.74, 6) is -0.190. The van der Waals surface area contributed by atoms with Crippen LogP contribution in [0, 0.1) is 12.7 Å². The highest BCUT2D eigenvalue weighted by molar-refractivity contribution is 5.54. The summed E-state index contributed by atoms with van der Waals surface area (Å²) in [5.41, 5.74) is 1.06. The van der Waals surface area contributed by atoms with Gasteiger partial charge in [0.05, 0.1) is 5.56 Å². The Hall–Kier alpha value is -1.75. The van der Waals surface area contributed by atoms with E-state index in [0.29, 0.717) is 0 Å². The fraction of sp³-hybridized carbons (Fsp3) is 0.200. The van der Waals surface area contributed by atoms with Crippen LogP contribution >= 0.6 is 0 Å². The molecule has 0 bridgehead atoms. The van der Waals surface area contributed by atoms with E-state index in [1.165, 1.54) is 6.07 Å². The lowest BCUT2D eigenvalue weighted by Gasteiger charge is -1.97. The molecule has 0 atom stereocenters. The zero-order valence-electron chi connectivity index (χ0n) is 8.07. The SMILES string of the molecule is Cc1ccc(-c2nc(CO)no2)c(F)c1. The summed E-state index contributed by atoms with van der Waals surface area (Å²) in [5, 5.41) is 12.2. The number of aromatic nitrogens is 2. The Bertz CT molecular complexity index is 482. The van der Waals surface area contributed by atoms with Gasteiger partial charge in [0.25, 0.3) is 5.89 Å². The largest absolute Gasteiger partial charge is 0.388 e. The summed E-state index contributed by atoms with van der Waals surface area (Å²) in [6.07, 6.45) is 0. The first-order valence-corrected chi connectivity index (χ1v) is 4.40. The van der Waals surface area contributed by atoms with Gasteiger partial charge in [0, 0.05) is 0 Å². The predicted octanol–water partition coefficient (Wildman–Crippen LogP) is 1.68. The quantitative estimate of drug-likeness (QED) is 0.815. The number of aliphatic hydroxyl groups is 1. The first kappa shape index (κ1) is 9.79. The summed E-state index contributed by atoms with van der Waals surface area (Å²) < 4.78 is 18.3. The topological polar surface area (TPSA) is 59.2 Å². The average molecular weight is 208 g/mol. The van der Waals surface area contributed by atoms with Gasteiger partial charge in [-0.3, -0.25) is 0 Å². The van der Waals surface area contributed by atoms with E-state index in [1.54, 1.807) is 19.1 Å². The third-order valence-electron chi connectivity index (χ3n) is 1.96. The Morgan fingerprint density at radius 2 is 2.27 bits per heavy atom. The summed E-state index contributed by atoms with van der Waals surface area (Å²) in [7, 11) is 0. The zero-order valence-corrected chi connectivity index (χ0v) is 8.07. The average Bonchev–Trinajstić information content (AvgIpc) is 2.66. The molecule has 0 unspecified atom stereocenters. The van der Waals surface area contributed by atoms with Gasteiger partial charge in [0.15, 0.2) is 5.82 Å². The molecule has 0 fully saturated rings. The third kappa shape index (κ3) is 1.87. The second-order valence-electron chi connectivity index (χ2n) is 3.16. The van der Waals surface area contributed by atoms with Crippen molar-refractivity contribution >= 4 is 0 Å². The van der Waals surface area contributed by atoms with Crippen molar-refractivity contribution in [2.45, 2.75) is 13.5 Å². The maximum absolute atomic E-state index is 13.5. The number of nitrogens with zero attached hydrogens (tertiary/aromatic N) is 2. The van der Waals surface area contributed by atoms with Crippen LogP contribution in [0.2, 0.25) is 0 Å². The van der Waals surface area contributed by atoms with E-state index in [2.05, 4.69) is 10.1 Å². The molecule has 15 heavy (non-hydrogen) atoms. The third-order valence-corrected chi connectivity index (χ3v) is 1.96. The van der Waals surface area contributed by atoms with Crippen molar-refractivity contribution in [3.8, 4) is 11.5 Å². The highest BCUT2D eigenvalue weighted by Gasteiger charge is 2.12. The van der Waals surface area contributed by atoms with Gasteiger partial charge in [-0.05, 0) is 24.6 Å². The van der Waals surface area contributed by atoms with Crippen molar-refractivity contribution in [1.82, 2.24) is 10.1 Å². The minimum Gasteiger partial charge on any atom is -0.388 e. The van der Waals surface area contributed by atoms with Crippen molar-refractivity contribution in [1.29, 1.82) is 0 Å². The maximum atomic E-state index is 13.5. The summed E-state index contributed by atoms with van der Waals surface area (Å²) in [6.45, 7) is 1.47. The lowest BCUT2D eigenvalue weighted by Crippen LogP contribution is -1.87. The fourth-order valence-corrected chi connectivity index (χ4v) is 1.22. The Kier molecular flexibility index (Phi) is 2.47. The lowest BCUT2D eigenvalue weighted by molar-refractivity contribution is 0.264. The molecule has 0 aliphatic heterocycles. The van der Waals surface area contributed by atoms with Crippen LogP contribution < -0.4 is 0 Å². The number of benzene rings is 1. The Morgan fingerprint density at radius 1 is 1.47 bits per heavy atom. The van der Waals surface area contributed by atoms with Crippen LogP contribution in [0.3, 0.4) is 0 Å². The molecular formula is C10H9FN2O2. The summed E-state index contributed by atoms with van der Waals surface area (Å²) in [6, 6.07) is 4.71. The van der Waals surface area contributed by atoms with Crippen LogP contribution in [-0.2, 0) is 6.61 Å². The Balaban J connectivity index is 2.44. The summed E-state index contributed by atoms with van der Waals surface area (Å²) in [4.78, 5) is 3.82. The molecular weight excluding hydrogens is 199 g/mol. The summed E-state index contributed by atoms with van der Waals surface area (Å²) >= 11 is 0. The van der Waals surface area contributed by atoms with E-state index >= 15 is 0 Å². The van der Waals surface area contributed by atoms with Crippen LogP contribution in [0.25, 0.3) is 11.5 Å². The number of aliphatic hydroxyl groups excluding tert-OH is 1. The predicted molar refractivity (Wildman–Crippen MR) is 50.4 cm³/mol. The van der Waals surface area contributed by atoms with Crippen molar-refractivity contribution in [2.75, 3.05) is 0 Å². The van der Waals surface area contributed by atoms with Gasteiger partial charge >= 0.3 is 0 Å². The van der Waals surface area contributed by atoms with E-state index in [1.807, 2.05) is 0 Å². The Labute approximate surface area is 85.4 Å². The number of hydrogen-bond donors (Lipinski definition) is 1. The first-order chi connectivity index (χ1) is 7.20. The monoisotopic (exact) mass is 208 g/mol. The maximum Gasteiger partial charge on any atom is 0.260 e. The van der Waals surface area contributed by atoms with E-state index in [9.17, 15) is 4.39 Å². The van der Waals surface area contributed by atoms with Gasteiger partial charge in [0.2, 0.25) is 0 Å². The van der Waals surface area contributed by atoms with E-state index in [0.717, 1.165) is 5.56 Å².